The van der Waals surface area contributed by atoms with E-state index in [1.54, 1.807) is 18.5 Å². The highest BCUT2D eigenvalue weighted by atomic mass is 35.5. The van der Waals surface area contributed by atoms with Gasteiger partial charge in [-0.15, -0.1) is 11.8 Å². The van der Waals surface area contributed by atoms with Gasteiger partial charge in [0.1, 0.15) is 11.8 Å². The lowest BCUT2D eigenvalue weighted by molar-refractivity contribution is 0.616. The van der Waals surface area contributed by atoms with E-state index in [1.807, 2.05) is 11.8 Å². The summed E-state index contributed by atoms with van der Waals surface area (Å²) >= 11 is 7.79. The molecule has 21 heavy (non-hydrogen) atoms. The van der Waals surface area contributed by atoms with Crippen LogP contribution in [0.15, 0.2) is 52.1 Å². The van der Waals surface area contributed by atoms with Crippen LogP contribution < -0.4 is 0 Å². The first kappa shape index (κ1) is 14.5. The number of hydrogen-bond acceptors (Lipinski definition) is 3. The van der Waals surface area contributed by atoms with Crippen molar-refractivity contribution in [1.82, 2.24) is 4.98 Å². The lowest BCUT2D eigenvalue weighted by atomic mass is 10.1. The normalized spacial score (nSPS) is 12.0. The highest BCUT2D eigenvalue weighted by molar-refractivity contribution is 8.00. The number of thioether (sulfide) groups is 1. The fourth-order valence-corrected chi connectivity index (χ4v) is 3.36. The molecule has 0 bridgehead atoms. The molecule has 0 fully saturated rings. The van der Waals surface area contributed by atoms with E-state index in [-0.39, 0.29) is 4.75 Å². The van der Waals surface area contributed by atoms with Gasteiger partial charge in [0, 0.05) is 27.5 Å². The van der Waals surface area contributed by atoms with Gasteiger partial charge in [0.05, 0.1) is 5.02 Å². The second-order valence-electron chi connectivity index (χ2n) is 5.89. The van der Waals surface area contributed by atoms with E-state index in [9.17, 15) is 0 Å². The van der Waals surface area contributed by atoms with Crippen molar-refractivity contribution in [2.24, 2.45) is 0 Å². The summed E-state index contributed by atoms with van der Waals surface area (Å²) in [5.74, 6) is 0. The van der Waals surface area contributed by atoms with E-state index in [4.69, 9.17) is 16.0 Å². The first-order chi connectivity index (χ1) is 9.92. The van der Waals surface area contributed by atoms with Gasteiger partial charge in [-0.25, -0.2) is 0 Å². The van der Waals surface area contributed by atoms with Crippen molar-refractivity contribution in [2.75, 3.05) is 0 Å². The SMILES string of the molecule is CC(C)(C)Sc1cccc(-c2coc3cc(Cl)cnc23)c1. The molecule has 0 saturated carbocycles. The maximum atomic E-state index is 5.95. The third-order valence-electron chi connectivity index (χ3n) is 2.95. The molecule has 0 spiro atoms. The number of aromatic nitrogens is 1. The highest BCUT2D eigenvalue weighted by Gasteiger charge is 2.14. The molecule has 0 amide bonds. The van der Waals surface area contributed by atoms with Crippen LogP contribution in [-0.4, -0.2) is 9.73 Å². The quantitative estimate of drug-likeness (QED) is 0.539. The molecule has 2 heterocycles. The molecule has 1 aromatic carbocycles. The standard InChI is InChI=1S/C17H16ClNOS/c1-17(2,3)21-13-6-4-5-11(7-13)14-10-20-15-8-12(18)9-19-16(14)15/h4-10H,1-3H3. The lowest BCUT2D eigenvalue weighted by Crippen LogP contribution is -2.06. The van der Waals surface area contributed by atoms with Gasteiger partial charge in [0.25, 0.3) is 0 Å². The fraction of sp³-hybridized carbons (Fsp3) is 0.235. The lowest BCUT2D eigenvalue weighted by Gasteiger charge is -2.17. The van der Waals surface area contributed by atoms with E-state index < -0.39 is 0 Å². The summed E-state index contributed by atoms with van der Waals surface area (Å²) in [6, 6.07) is 10.2. The molecule has 2 aromatic heterocycles. The van der Waals surface area contributed by atoms with Crippen LogP contribution in [0.3, 0.4) is 0 Å². The molecule has 0 atom stereocenters. The zero-order valence-corrected chi connectivity index (χ0v) is 13.8. The molecule has 108 valence electrons. The number of rotatable bonds is 2. The van der Waals surface area contributed by atoms with Gasteiger partial charge in [0.2, 0.25) is 0 Å². The van der Waals surface area contributed by atoms with Crippen molar-refractivity contribution in [2.45, 2.75) is 30.4 Å². The van der Waals surface area contributed by atoms with E-state index in [2.05, 4.69) is 50.0 Å². The predicted molar refractivity (Wildman–Crippen MR) is 90.1 cm³/mol. The van der Waals surface area contributed by atoms with Crippen LogP contribution >= 0.6 is 23.4 Å². The van der Waals surface area contributed by atoms with Crippen LogP contribution in [0.2, 0.25) is 5.02 Å². The Morgan fingerprint density at radius 3 is 2.76 bits per heavy atom. The van der Waals surface area contributed by atoms with E-state index >= 15 is 0 Å². The van der Waals surface area contributed by atoms with Gasteiger partial charge < -0.3 is 4.42 Å². The molecule has 0 saturated heterocycles. The molecular formula is C17H16ClNOS. The summed E-state index contributed by atoms with van der Waals surface area (Å²) in [5.41, 5.74) is 3.67. The average Bonchev–Trinajstić information content (AvgIpc) is 2.79. The molecule has 4 heteroatoms. The van der Waals surface area contributed by atoms with Gasteiger partial charge in [0.15, 0.2) is 5.58 Å². The van der Waals surface area contributed by atoms with Crippen molar-refractivity contribution in [1.29, 1.82) is 0 Å². The molecule has 0 N–H and O–H groups in total. The Bertz CT molecular complexity index is 789. The fourth-order valence-electron chi connectivity index (χ4n) is 2.18. The van der Waals surface area contributed by atoms with Crippen molar-refractivity contribution in [3.05, 3.63) is 47.8 Å². The molecule has 0 aliphatic carbocycles. The van der Waals surface area contributed by atoms with Crippen LogP contribution in [0.5, 0.6) is 0 Å². The van der Waals surface area contributed by atoms with Crippen LogP contribution in [0.1, 0.15) is 20.8 Å². The smallest absolute Gasteiger partial charge is 0.154 e. The van der Waals surface area contributed by atoms with E-state index in [0.717, 1.165) is 16.6 Å². The summed E-state index contributed by atoms with van der Waals surface area (Å²) in [6.45, 7) is 6.63. The van der Waals surface area contributed by atoms with Crippen molar-refractivity contribution < 1.29 is 4.42 Å². The molecular weight excluding hydrogens is 302 g/mol. The Morgan fingerprint density at radius 2 is 2.00 bits per heavy atom. The van der Waals surface area contributed by atoms with Gasteiger partial charge in [-0.1, -0.05) is 44.5 Å². The summed E-state index contributed by atoms with van der Waals surface area (Å²) in [4.78, 5) is 5.63. The van der Waals surface area contributed by atoms with Gasteiger partial charge >= 0.3 is 0 Å². The number of halogens is 1. The number of fused-ring (bicyclic) bond motifs is 1. The van der Waals surface area contributed by atoms with Gasteiger partial charge in [-0.2, -0.15) is 0 Å². The molecule has 3 aromatic rings. The predicted octanol–water partition coefficient (Wildman–Crippen LogP) is 6.04. The van der Waals surface area contributed by atoms with Crippen molar-refractivity contribution in [3.63, 3.8) is 0 Å². The topological polar surface area (TPSA) is 26.0 Å². The number of nitrogens with zero attached hydrogens (tertiary/aromatic N) is 1. The van der Waals surface area contributed by atoms with E-state index in [1.165, 1.54) is 4.90 Å². The Labute approximate surface area is 133 Å². The summed E-state index contributed by atoms with van der Waals surface area (Å²) in [6.07, 6.45) is 3.39. The Morgan fingerprint density at radius 1 is 1.19 bits per heavy atom. The number of pyridine rings is 1. The van der Waals surface area contributed by atoms with Crippen molar-refractivity contribution in [3.8, 4) is 11.1 Å². The molecule has 0 aliphatic rings. The summed E-state index contributed by atoms with van der Waals surface area (Å²) < 4.78 is 5.75. The van der Waals surface area contributed by atoms with Crippen LogP contribution in [0.4, 0.5) is 0 Å². The monoisotopic (exact) mass is 317 g/mol. The largest absolute Gasteiger partial charge is 0.462 e. The molecule has 2 nitrogen and oxygen atoms in total. The molecule has 0 unspecified atom stereocenters. The minimum absolute atomic E-state index is 0.183. The average molecular weight is 318 g/mol. The summed E-state index contributed by atoms with van der Waals surface area (Å²) in [5, 5.41) is 0.584. The molecule has 3 rings (SSSR count). The maximum Gasteiger partial charge on any atom is 0.154 e. The van der Waals surface area contributed by atoms with Gasteiger partial charge in [-0.05, 0) is 17.7 Å². The first-order valence-corrected chi connectivity index (χ1v) is 7.94. The zero-order chi connectivity index (χ0) is 15.0. The van der Waals surface area contributed by atoms with Crippen LogP contribution in [-0.2, 0) is 0 Å². The summed E-state index contributed by atoms with van der Waals surface area (Å²) in [7, 11) is 0. The Hall–Kier alpha value is -1.45. The van der Waals surface area contributed by atoms with E-state index in [0.29, 0.717) is 10.6 Å². The van der Waals surface area contributed by atoms with Gasteiger partial charge in [-0.3, -0.25) is 4.98 Å². The highest BCUT2D eigenvalue weighted by Crippen LogP contribution is 2.36. The third-order valence-corrected chi connectivity index (χ3v) is 4.26. The number of furan rings is 1. The molecule has 0 aliphatic heterocycles. The Balaban J connectivity index is 2.04. The van der Waals surface area contributed by atoms with Crippen molar-refractivity contribution >= 4 is 34.5 Å². The minimum atomic E-state index is 0.183. The van der Waals surface area contributed by atoms with Crippen LogP contribution in [0, 0.1) is 0 Å². The molecule has 0 radical (unpaired) electrons. The Kier molecular flexibility index (Phi) is 3.72. The third kappa shape index (κ3) is 3.25. The van der Waals surface area contributed by atoms with Crippen LogP contribution in [0.25, 0.3) is 22.2 Å². The number of benzene rings is 1. The zero-order valence-electron chi connectivity index (χ0n) is 12.2. The maximum absolute atomic E-state index is 5.95. The first-order valence-electron chi connectivity index (χ1n) is 6.74. The number of hydrogen-bond donors (Lipinski definition) is 0. The minimum Gasteiger partial charge on any atom is -0.462 e. The second-order valence-corrected chi connectivity index (χ2v) is 8.23. The second kappa shape index (κ2) is 5.39.